The number of nitrogens with zero attached hydrogens (tertiary/aromatic N) is 2. The number of pyridine rings is 1. The van der Waals surface area contributed by atoms with E-state index in [2.05, 4.69) is 47.2 Å². The summed E-state index contributed by atoms with van der Waals surface area (Å²) in [6, 6.07) is 15.8. The van der Waals surface area contributed by atoms with Crippen molar-refractivity contribution < 1.29 is 14.3 Å². The number of rotatable bonds is 6. The van der Waals surface area contributed by atoms with Gasteiger partial charge in [-0.05, 0) is 55.3 Å². The SMILES string of the molecule is CCN(c1cccc(C)c1)c1cncc(C(=O)NCc2ccc3c(c2)OCO3)c1. The molecule has 0 bridgehead atoms. The van der Waals surface area contributed by atoms with Gasteiger partial charge in [0.2, 0.25) is 6.79 Å². The van der Waals surface area contributed by atoms with Gasteiger partial charge < -0.3 is 19.7 Å². The van der Waals surface area contributed by atoms with Crippen LogP contribution in [-0.4, -0.2) is 24.2 Å². The average molecular weight is 389 g/mol. The molecule has 0 saturated carbocycles. The molecule has 4 rings (SSSR count). The molecule has 0 radical (unpaired) electrons. The van der Waals surface area contributed by atoms with E-state index >= 15 is 0 Å². The van der Waals surface area contributed by atoms with Crippen LogP contribution in [-0.2, 0) is 6.54 Å². The van der Waals surface area contributed by atoms with Gasteiger partial charge in [0.25, 0.3) is 5.91 Å². The van der Waals surface area contributed by atoms with Gasteiger partial charge in [0.05, 0.1) is 17.4 Å². The maximum Gasteiger partial charge on any atom is 0.253 e. The lowest BCUT2D eigenvalue weighted by molar-refractivity contribution is 0.0950. The van der Waals surface area contributed by atoms with Crippen LogP contribution in [0, 0.1) is 6.92 Å². The maximum atomic E-state index is 12.7. The lowest BCUT2D eigenvalue weighted by Crippen LogP contribution is -2.24. The second-order valence-electron chi connectivity index (χ2n) is 6.89. The molecule has 148 valence electrons. The van der Waals surface area contributed by atoms with Gasteiger partial charge in [-0.3, -0.25) is 9.78 Å². The van der Waals surface area contributed by atoms with E-state index < -0.39 is 0 Å². The van der Waals surface area contributed by atoms with Crippen molar-refractivity contribution >= 4 is 17.3 Å². The third kappa shape index (κ3) is 4.16. The molecule has 2 aromatic carbocycles. The lowest BCUT2D eigenvalue weighted by Gasteiger charge is -2.23. The summed E-state index contributed by atoms with van der Waals surface area (Å²) < 4.78 is 10.7. The molecule has 0 spiro atoms. The smallest absolute Gasteiger partial charge is 0.253 e. The second kappa shape index (κ2) is 8.22. The first kappa shape index (κ1) is 18.8. The van der Waals surface area contributed by atoms with Crippen molar-refractivity contribution in [2.45, 2.75) is 20.4 Å². The minimum atomic E-state index is -0.169. The van der Waals surface area contributed by atoms with Gasteiger partial charge in [-0.2, -0.15) is 0 Å². The molecule has 1 aliphatic rings. The first-order valence-electron chi connectivity index (χ1n) is 9.60. The topological polar surface area (TPSA) is 63.7 Å². The highest BCUT2D eigenvalue weighted by Gasteiger charge is 2.15. The Hall–Kier alpha value is -3.54. The van der Waals surface area contributed by atoms with Gasteiger partial charge in [0.15, 0.2) is 11.5 Å². The molecule has 0 aliphatic carbocycles. The number of hydrogen-bond acceptors (Lipinski definition) is 5. The lowest BCUT2D eigenvalue weighted by atomic mass is 10.1. The summed E-state index contributed by atoms with van der Waals surface area (Å²) in [5.41, 5.74) is 4.61. The molecule has 1 aromatic heterocycles. The number of benzene rings is 2. The first-order chi connectivity index (χ1) is 14.1. The fourth-order valence-electron chi connectivity index (χ4n) is 3.34. The second-order valence-corrected chi connectivity index (χ2v) is 6.89. The maximum absolute atomic E-state index is 12.7. The van der Waals surface area contributed by atoms with Crippen molar-refractivity contribution in [3.05, 3.63) is 77.6 Å². The summed E-state index contributed by atoms with van der Waals surface area (Å²) in [5, 5.41) is 2.95. The molecule has 0 saturated heterocycles. The van der Waals surface area contributed by atoms with Crippen LogP contribution in [0.2, 0.25) is 0 Å². The molecule has 0 fully saturated rings. The molecule has 1 aliphatic heterocycles. The average Bonchev–Trinajstić information content (AvgIpc) is 3.21. The predicted molar refractivity (Wildman–Crippen MR) is 112 cm³/mol. The Morgan fingerprint density at radius 3 is 2.76 bits per heavy atom. The summed E-state index contributed by atoms with van der Waals surface area (Å²) in [5.74, 6) is 1.27. The molecule has 6 nitrogen and oxygen atoms in total. The molecule has 0 unspecified atom stereocenters. The quantitative estimate of drug-likeness (QED) is 0.684. The number of anilines is 2. The molecule has 1 amide bonds. The van der Waals surface area contributed by atoms with Crippen molar-refractivity contribution in [3.63, 3.8) is 0 Å². The molecule has 0 atom stereocenters. The Balaban J connectivity index is 1.48. The molecule has 29 heavy (non-hydrogen) atoms. The largest absolute Gasteiger partial charge is 0.454 e. The summed E-state index contributed by atoms with van der Waals surface area (Å²) in [6.07, 6.45) is 3.36. The number of fused-ring (bicyclic) bond motifs is 1. The van der Waals surface area contributed by atoms with Crippen molar-refractivity contribution in [1.82, 2.24) is 10.3 Å². The molecular weight excluding hydrogens is 366 g/mol. The van der Waals surface area contributed by atoms with Crippen LogP contribution in [0.15, 0.2) is 60.9 Å². The zero-order chi connectivity index (χ0) is 20.2. The number of aromatic nitrogens is 1. The molecule has 1 N–H and O–H groups in total. The van der Waals surface area contributed by atoms with E-state index in [1.54, 1.807) is 12.4 Å². The Kier molecular flexibility index (Phi) is 5.33. The van der Waals surface area contributed by atoms with E-state index in [1.165, 1.54) is 5.56 Å². The third-order valence-electron chi connectivity index (χ3n) is 4.82. The van der Waals surface area contributed by atoms with Crippen molar-refractivity contribution in [2.24, 2.45) is 0 Å². The highest BCUT2D eigenvalue weighted by atomic mass is 16.7. The summed E-state index contributed by atoms with van der Waals surface area (Å²) in [4.78, 5) is 19.1. The van der Waals surface area contributed by atoms with Crippen LogP contribution in [0.5, 0.6) is 11.5 Å². The van der Waals surface area contributed by atoms with Crippen LogP contribution in [0.1, 0.15) is 28.4 Å². The van der Waals surface area contributed by atoms with Gasteiger partial charge in [0, 0.05) is 25.0 Å². The number of aryl methyl sites for hydroxylation is 1. The zero-order valence-corrected chi connectivity index (χ0v) is 16.5. The Morgan fingerprint density at radius 2 is 1.93 bits per heavy atom. The van der Waals surface area contributed by atoms with Crippen molar-refractivity contribution in [2.75, 3.05) is 18.2 Å². The first-order valence-corrected chi connectivity index (χ1v) is 9.60. The Bertz CT molecular complexity index is 1040. The fraction of sp³-hybridized carbons (Fsp3) is 0.217. The number of carbonyl (C=O) groups excluding carboxylic acids is 1. The fourth-order valence-corrected chi connectivity index (χ4v) is 3.34. The van der Waals surface area contributed by atoms with Gasteiger partial charge >= 0.3 is 0 Å². The molecule has 3 aromatic rings. The van der Waals surface area contributed by atoms with Crippen LogP contribution in [0.4, 0.5) is 11.4 Å². The van der Waals surface area contributed by atoms with Crippen molar-refractivity contribution in [1.29, 1.82) is 0 Å². The van der Waals surface area contributed by atoms with Gasteiger partial charge in [-0.25, -0.2) is 0 Å². The molecule has 6 heteroatoms. The van der Waals surface area contributed by atoms with E-state index in [0.717, 1.165) is 29.2 Å². The Morgan fingerprint density at radius 1 is 1.07 bits per heavy atom. The highest BCUT2D eigenvalue weighted by molar-refractivity contribution is 5.95. The van der Waals surface area contributed by atoms with E-state index in [1.807, 2.05) is 30.3 Å². The molecule has 2 heterocycles. The standard InChI is InChI=1S/C23H23N3O3/c1-3-26(19-6-4-5-16(2)9-19)20-11-18(13-24-14-20)23(27)25-12-17-7-8-21-22(10-17)29-15-28-21/h4-11,13-14H,3,12,15H2,1-2H3,(H,25,27). The number of nitrogens with one attached hydrogen (secondary N) is 1. The monoisotopic (exact) mass is 389 g/mol. The number of amides is 1. The van der Waals surface area contributed by atoms with Crippen LogP contribution < -0.4 is 19.7 Å². The van der Waals surface area contributed by atoms with E-state index in [4.69, 9.17) is 9.47 Å². The normalized spacial score (nSPS) is 11.9. The van der Waals surface area contributed by atoms with Crippen molar-refractivity contribution in [3.8, 4) is 11.5 Å². The number of hydrogen-bond donors (Lipinski definition) is 1. The van der Waals surface area contributed by atoms with E-state index in [0.29, 0.717) is 17.9 Å². The Labute approximate surface area is 170 Å². The zero-order valence-electron chi connectivity index (χ0n) is 16.5. The van der Waals surface area contributed by atoms with E-state index in [-0.39, 0.29) is 12.7 Å². The van der Waals surface area contributed by atoms with Gasteiger partial charge in [-0.15, -0.1) is 0 Å². The minimum Gasteiger partial charge on any atom is -0.454 e. The number of carbonyl (C=O) groups is 1. The van der Waals surface area contributed by atoms with Crippen LogP contribution in [0.3, 0.4) is 0 Å². The highest BCUT2D eigenvalue weighted by Crippen LogP contribution is 2.32. The third-order valence-corrected chi connectivity index (χ3v) is 4.82. The number of ether oxygens (including phenoxy) is 2. The summed E-state index contributed by atoms with van der Waals surface area (Å²) in [7, 11) is 0. The van der Waals surface area contributed by atoms with Gasteiger partial charge in [-0.1, -0.05) is 18.2 Å². The summed E-state index contributed by atoms with van der Waals surface area (Å²) in [6.45, 7) is 5.55. The summed E-state index contributed by atoms with van der Waals surface area (Å²) >= 11 is 0. The molecular formula is C23H23N3O3. The minimum absolute atomic E-state index is 0.169. The van der Waals surface area contributed by atoms with Gasteiger partial charge in [0.1, 0.15) is 0 Å². The predicted octanol–water partition coefficient (Wildman–Crippen LogP) is 4.21. The van der Waals surface area contributed by atoms with Crippen LogP contribution >= 0.6 is 0 Å². The van der Waals surface area contributed by atoms with E-state index in [9.17, 15) is 4.79 Å². The van der Waals surface area contributed by atoms with Crippen LogP contribution in [0.25, 0.3) is 0 Å².